The highest BCUT2D eigenvalue weighted by molar-refractivity contribution is 5.97. The highest BCUT2D eigenvalue weighted by Gasteiger charge is 2.31. The van der Waals surface area contributed by atoms with Crippen molar-refractivity contribution in [2.45, 2.75) is 58.3 Å². The maximum atomic E-state index is 11.9. The molecule has 5 heteroatoms. The number of primary amides is 1. The number of piperidine rings is 1. The van der Waals surface area contributed by atoms with Gasteiger partial charge in [0.15, 0.2) is 0 Å². The lowest BCUT2D eigenvalue weighted by atomic mass is 9.92. The second-order valence-corrected chi connectivity index (χ2v) is 9.06. The molecular formula is C26H35N3O2. The molecule has 1 aliphatic carbocycles. The number of anilines is 1. The summed E-state index contributed by atoms with van der Waals surface area (Å²) in [5.74, 6) is 3.38. The molecular weight excluding hydrogens is 386 g/mol. The predicted octanol–water partition coefficient (Wildman–Crippen LogP) is 4.94. The van der Waals surface area contributed by atoms with Gasteiger partial charge in [0.1, 0.15) is 11.6 Å². The molecule has 0 spiro atoms. The summed E-state index contributed by atoms with van der Waals surface area (Å²) in [6.07, 6.45) is 6.83. The van der Waals surface area contributed by atoms with Gasteiger partial charge in [0.2, 0.25) is 0 Å². The molecule has 1 unspecified atom stereocenters. The minimum Gasteiger partial charge on any atom is -0.493 e. The predicted molar refractivity (Wildman–Crippen MR) is 125 cm³/mol. The second-order valence-electron chi connectivity index (χ2n) is 9.06. The molecule has 1 aromatic carbocycles. The topological polar surface area (TPSA) is 68.5 Å². The maximum absolute atomic E-state index is 11.9. The van der Waals surface area contributed by atoms with Gasteiger partial charge < -0.3 is 15.4 Å². The van der Waals surface area contributed by atoms with Crippen molar-refractivity contribution in [1.29, 1.82) is 0 Å². The largest absolute Gasteiger partial charge is 0.493 e. The molecule has 2 aromatic rings. The van der Waals surface area contributed by atoms with Gasteiger partial charge in [0, 0.05) is 18.8 Å². The van der Waals surface area contributed by atoms with Gasteiger partial charge in [0.25, 0.3) is 5.91 Å². The van der Waals surface area contributed by atoms with Crippen molar-refractivity contribution in [1.82, 2.24) is 4.98 Å². The lowest BCUT2D eigenvalue weighted by Crippen LogP contribution is -2.37. The first-order valence-corrected chi connectivity index (χ1v) is 11.9. The molecule has 2 heterocycles. The molecule has 2 N–H and O–H groups in total. The number of pyridine rings is 1. The van der Waals surface area contributed by atoms with E-state index in [9.17, 15) is 4.79 Å². The Morgan fingerprint density at radius 3 is 2.58 bits per heavy atom. The fourth-order valence-electron chi connectivity index (χ4n) is 4.82. The SMILES string of the molecule is CCc1ccc(C(N)=O)c(N2CCC(COc3cccc(C(CC)C4CC4)c3)CC2)n1. The molecule has 1 atom stereocenters. The van der Waals surface area contributed by atoms with E-state index in [0.29, 0.717) is 17.4 Å². The first-order chi connectivity index (χ1) is 15.1. The average molecular weight is 422 g/mol. The van der Waals surface area contributed by atoms with Crippen molar-refractivity contribution in [2.24, 2.45) is 17.6 Å². The molecule has 4 rings (SSSR count). The van der Waals surface area contributed by atoms with Gasteiger partial charge in [-0.05, 0) is 86.1 Å². The molecule has 2 fully saturated rings. The zero-order chi connectivity index (χ0) is 21.8. The summed E-state index contributed by atoms with van der Waals surface area (Å²) in [5.41, 5.74) is 8.53. The normalized spacial score (nSPS) is 18.1. The number of hydrogen-bond acceptors (Lipinski definition) is 4. The van der Waals surface area contributed by atoms with Crippen molar-refractivity contribution in [3.8, 4) is 5.75 Å². The lowest BCUT2D eigenvalue weighted by molar-refractivity contribution is 0.1000. The molecule has 2 aliphatic rings. The summed E-state index contributed by atoms with van der Waals surface area (Å²) in [7, 11) is 0. The van der Waals surface area contributed by atoms with Gasteiger partial charge in [-0.3, -0.25) is 4.79 Å². The van der Waals surface area contributed by atoms with Crippen molar-refractivity contribution in [3.05, 3.63) is 53.2 Å². The number of nitrogens with two attached hydrogens (primary N) is 1. The summed E-state index contributed by atoms with van der Waals surface area (Å²) in [6, 6.07) is 12.4. The number of ether oxygens (including phenoxy) is 1. The number of nitrogens with zero attached hydrogens (tertiary/aromatic N) is 2. The van der Waals surface area contributed by atoms with E-state index in [0.717, 1.165) is 62.1 Å². The Morgan fingerprint density at radius 2 is 1.94 bits per heavy atom. The van der Waals surface area contributed by atoms with Crippen LogP contribution in [-0.4, -0.2) is 30.6 Å². The van der Waals surface area contributed by atoms with Gasteiger partial charge in [-0.2, -0.15) is 0 Å². The number of carbonyl (C=O) groups is 1. The summed E-state index contributed by atoms with van der Waals surface area (Å²) in [5, 5.41) is 0. The third kappa shape index (κ3) is 5.20. The van der Waals surface area contributed by atoms with Crippen LogP contribution >= 0.6 is 0 Å². The summed E-state index contributed by atoms with van der Waals surface area (Å²) < 4.78 is 6.21. The Balaban J connectivity index is 1.34. The van der Waals surface area contributed by atoms with E-state index in [-0.39, 0.29) is 0 Å². The van der Waals surface area contributed by atoms with Crippen molar-refractivity contribution < 1.29 is 9.53 Å². The first kappa shape index (κ1) is 21.7. The van der Waals surface area contributed by atoms with Crippen LogP contribution in [0.15, 0.2) is 36.4 Å². The Kier molecular flexibility index (Phi) is 6.79. The van der Waals surface area contributed by atoms with Gasteiger partial charge in [-0.15, -0.1) is 0 Å². The highest BCUT2D eigenvalue weighted by Crippen LogP contribution is 2.44. The molecule has 1 amide bonds. The summed E-state index contributed by atoms with van der Waals surface area (Å²) in [6.45, 7) is 6.84. The minimum atomic E-state index is -0.410. The number of hydrogen-bond donors (Lipinski definition) is 1. The molecule has 1 saturated heterocycles. The van der Waals surface area contributed by atoms with Crippen LogP contribution in [0.2, 0.25) is 0 Å². The highest BCUT2D eigenvalue weighted by atomic mass is 16.5. The van der Waals surface area contributed by atoms with E-state index in [1.807, 2.05) is 12.1 Å². The number of amides is 1. The Morgan fingerprint density at radius 1 is 1.16 bits per heavy atom. The van der Waals surface area contributed by atoms with Crippen LogP contribution < -0.4 is 15.4 Å². The Labute approximate surface area is 186 Å². The zero-order valence-electron chi connectivity index (χ0n) is 18.8. The van der Waals surface area contributed by atoms with E-state index in [4.69, 9.17) is 15.5 Å². The quantitative estimate of drug-likeness (QED) is 0.622. The van der Waals surface area contributed by atoms with Gasteiger partial charge in [0.05, 0.1) is 12.2 Å². The van der Waals surface area contributed by atoms with E-state index < -0.39 is 5.91 Å². The third-order valence-corrected chi connectivity index (χ3v) is 6.88. The van der Waals surface area contributed by atoms with Crippen molar-refractivity contribution >= 4 is 11.7 Å². The minimum absolute atomic E-state index is 0.410. The number of carbonyl (C=O) groups excluding carboxylic acids is 1. The molecule has 166 valence electrons. The third-order valence-electron chi connectivity index (χ3n) is 6.88. The van der Waals surface area contributed by atoms with Gasteiger partial charge >= 0.3 is 0 Å². The van der Waals surface area contributed by atoms with Crippen LogP contribution in [-0.2, 0) is 6.42 Å². The molecule has 5 nitrogen and oxygen atoms in total. The molecule has 0 bridgehead atoms. The molecule has 31 heavy (non-hydrogen) atoms. The lowest BCUT2D eigenvalue weighted by Gasteiger charge is -2.33. The van der Waals surface area contributed by atoms with E-state index in [2.05, 4.69) is 43.0 Å². The molecule has 1 aliphatic heterocycles. The van der Waals surface area contributed by atoms with Crippen LogP contribution in [0.5, 0.6) is 5.75 Å². The van der Waals surface area contributed by atoms with Gasteiger partial charge in [-0.25, -0.2) is 4.98 Å². The van der Waals surface area contributed by atoms with Crippen LogP contribution in [0.25, 0.3) is 0 Å². The van der Waals surface area contributed by atoms with Crippen molar-refractivity contribution in [2.75, 3.05) is 24.6 Å². The van der Waals surface area contributed by atoms with Crippen molar-refractivity contribution in [3.63, 3.8) is 0 Å². The van der Waals surface area contributed by atoms with Crippen LogP contribution in [0.3, 0.4) is 0 Å². The fraction of sp³-hybridized carbons (Fsp3) is 0.538. The van der Waals surface area contributed by atoms with Crippen LogP contribution in [0, 0.1) is 11.8 Å². The van der Waals surface area contributed by atoms with E-state index >= 15 is 0 Å². The monoisotopic (exact) mass is 421 g/mol. The smallest absolute Gasteiger partial charge is 0.252 e. The number of rotatable bonds is 9. The summed E-state index contributed by atoms with van der Waals surface area (Å²) in [4.78, 5) is 18.8. The molecule has 1 saturated carbocycles. The number of aryl methyl sites for hydroxylation is 1. The van der Waals surface area contributed by atoms with Gasteiger partial charge in [-0.1, -0.05) is 26.0 Å². The fourth-order valence-corrected chi connectivity index (χ4v) is 4.82. The number of benzene rings is 1. The Bertz CT molecular complexity index is 901. The van der Waals surface area contributed by atoms with E-state index in [1.54, 1.807) is 0 Å². The van der Waals surface area contributed by atoms with Crippen LogP contribution in [0.1, 0.15) is 73.5 Å². The molecule has 0 radical (unpaired) electrons. The molecule has 1 aromatic heterocycles. The zero-order valence-corrected chi connectivity index (χ0v) is 18.8. The summed E-state index contributed by atoms with van der Waals surface area (Å²) >= 11 is 0. The first-order valence-electron chi connectivity index (χ1n) is 11.9. The second kappa shape index (κ2) is 9.71. The van der Waals surface area contributed by atoms with E-state index in [1.165, 1.54) is 24.8 Å². The average Bonchev–Trinajstić information content (AvgIpc) is 3.63. The number of aromatic nitrogens is 1. The Hall–Kier alpha value is -2.56. The standard InChI is InChI=1S/C26H35N3O2/c1-3-21-10-11-24(25(27)30)26(28-21)29-14-12-18(13-15-29)17-31-22-7-5-6-20(16-22)23(4-2)19-8-9-19/h5-7,10-11,16,18-19,23H,3-4,8-9,12-15,17H2,1-2H3,(H2,27,30). The van der Waals surface area contributed by atoms with Crippen LogP contribution in [0.4, 0.5) is 5.82 Å². The maximum Gasteiger partial charge on any atom is 0.252 e.